The normalized spacial score (nSPS) is 0. The molecular formula is H2LaMgMoY. The van der Waals surface area contributed by atoms with E-state index in [1.165, 1.54) is 0 Å². The first-order valence-electron chi connectivity index (χ1n) is 0. The minimum Gasteiger partial charge on any atom is -1.00 e. The second kappa shape index (κ2) is 15.9. The van der Waals surface area contributed by atoms with Gasteiger partial charge in [0, 0.05) is 89.4 Å². The molecule has 0 unspecified atom stereocenters. The van der Waals surface area contributed by atoms with Crippen molar-refractivity contribution in [1.82, 2.24) is 0 Å². The summed E-state index contributed by atoms with van der Waals surface area (Å²) >= 11 is 0. The zero-order valence-corrected chi connectivity index (χ0v) is 12.2. The summed E-state index contributed by atoms with van der Waals surface area (Å²) < 4.78 is 0. The largest absolute Gasteiger partial charge is 2.00 e. The fourth-order valence-corrected chi connectivity index (χ4v) is 0. The molecule has 0 bridgehead atoms. The van der Waals surface area contributed by atoms with E-state index in [-0.39, 0.29) is 115 Å². The number of hydrogen-bond acceptors (Lipinski definition) is 0. The summed E-state index contributed by atoms with van der Waals surface area (Å²) in [6, 6.07) is 0. The predicted octanol–water partition coefficient (Wildman–Crippen LogP) is -0.161. The van der Waals surface area contributed by atoms with Gasteiger partial charge in [0.2, 0.25) is 0 Å². The van der Waals surface area contributed by atoms with Crippen LogP contribution in [-0.2, 0) is 53.8 Å². The van der Waals surface area contributed by atoms with Gasteiger partial charge in [0.05, 0.1) is 0 Å². The summed E-state index contributed by atoms with van der Waals surface area (Å²) in [5.74, 6) is 0. The summed E-state index contributed by atoms with van der Waals surface area (Å²) in [6.07, 6.45) is 0. The van der Waals surface area contributed by atoms with Crippen LogP contribution in [0.4, 0.5) is 0 Å². The molecule has 0 rings (SSSR count). The smallest absolute Gasteiger partial charge is 1.00 e. The van der Waals surface area contributed by atoms with Crippen molar-refractivity contribution in [2.24, 2.45) is 0 Å². The van der Waals surface area contributed by atoms with E-state index in [1.807, 2.05) is 0 Å². The molecule has 0 aromatic carbocycles. The summed E-state index contributed by atoms with van der Waals surface area (Å²) in [6.45, 7) is 0. The Bertz CT molecular complexity index is 13.5. The molecule has 0 aromatic heterocycles. The minimum atomic E-state index is 0. The third-order valence-electron chi connectivity index (χ3n) is 0. The zero-order valence-electron chi connectivity index (χ0n) is 4.27. The van der Waals surface area contributed by atoms with Crippen LogP contribution in [0.25, 0.3) is 0 Å². The molecule has 0 aromatic rings. The van der Waals surface area contributed by atoms with E-state index in [9.17, 15) is 0 Å². The van der Waals surface area contributed by atoms with Crippen LogP contribution in [0.15, 0.2) is 0 Å². The molecule has 4 heteroatoms. The Kier molecular flexibility index (Phi) is 99.6. The Balaban J connectivity index is 0. The van der Waals surface area contributed by atoms with E-state index in [4.69, 9.17) is 0 Å². The summed E-state index contributed by atoms with van der Waals surface area (Å²) in [5.41, 5.74) is 0. The Labute approximate surface area is 112 Å². The molecular weight excluding hydrogens is 348 g/mol. The molecule has 0 aliphatic rings. The SMILES string of the molecule is [H-].[H-].[La].[Mg+2].[Mo].[Y]. The molecule has 0 heterocycles. The van der Waals surface area contributed by atoms with E-state index in [0.717, 1.165) is 0 Å². The second-order valence-corrected chi connectivity index (χ2v) is 0. The Morgan fingerprint density at radius 1 is 1.25 bits per heavy atom. The average Bonchev–Trinajstić information content (AvgIpc) is 0. The van der Waals surface area contributed by atoms with Crippen LogP contribution in [0, 0.1) is 35.6 Å². The van der Waals surface area contributed by atoms with Crippen LogP contribution in [0.2, 0.25) is 0 Å². The van der Waals surface area contributed by atoms with Crippen molar-refractivity contribution in [1.29, 1.82) is 0 Å². The van der Waals surface area contributed by atoms with Crippen molar-refractivity contribution in [3.8, 4) is 0 Å². The van der Waals surface area contributed by atoms with Gasteiger partial charge in [-0.05, 0) is 0 Å². The Morgan fingerprint density at radius 3 is 1.25 bits per heavy atom. The Hall–Kier alpha value is 3.75. The van der Waals surface area contributed by atoms with Crippen molar-refractivity contribution in [3.63, 3.8) is 0 Å². The molecule has 0 nitrogen and oxygen atoms in total. The van der Waals surface area contributed by atoms with Crippen molar-refractivity contribution < 1.29 is 92.2 Å². The van der Waals surface area contributed by atoms with Crippen LogP contribution in [0.1, 0.15) is 2.85 Å². The van der Waals surface area contributed by atoms with Crippen molar-refractivity contribution in [2.45, 2.75) is 0 Å². The number of rotatable bonds is 0. The van der Waals surface area contributed by atoms with Gasteiger partial charge in [-0.2, -0.15) is 0 Å². The van der Waals surface area contributed by atoms with Gasteiger partial charge in [0.1, 0.15) is 0 Å². The topological polar surface area (TPSA) is 0 Å². The first-order valence-corrected chi connectivity index (χ1v) is 0. The Morgan fingerprint density at radius 2 is 1.25 bits per heavy atom. The van der Waals surface area contributed by atoms with Gasteiger partial charge >= 0.3 is 23.1 Å². The van der Waals surface area contributed by atoms with E-state index in [0.29, 0.717) is 0 Å². The molecule has 0 atom stereocenters. The maximum atomic E-state index is 0. The average molecular weight is 350 g/mol. The van der Waals surface area contributed by atoms with Crippen molar-refractivity contribution in [3.05, 3.63) is 0 Å². The van der Waals surface area contributed by atoms with Crippen LogP contribution in [-0.4, -0.2) is 23.1 Å². The molecule has 0 aliphatic heterocycles. The van der Waals surface area contributed by atoms with Crippen molar-refractivity contribution >= 4 is 23.1 Å². The van der Waals surface area contributed by atoms with E-state index in [1.54, 1.807) is 0 Å². The van der Waals surface area contributed by atoms with Gasteiger partial charge in [-0.3, -0.25) is 0 Å². The van der Waals surface area contributed by atoms with Gasteiger partial charge in [-0.1, -0.05) is 0 Å². The first kappa shape index (κ1) is 25.1. The molecule has 2 radical (unpaired) electrons. The molecule has 4 heavy (non-hydrogen) atoms. The molecule has 0 saturated heterocycles. The second-order valence-electron chi connectivity index (χ2n) is 0. The van der Waals surface area contributed by atoms with Crippen LogP contribution in [0.3, 0.4) is 0 Å². The van der Waals surface area contributed by atoms with E-state index in [2.05, 4.69) is 0 Å². The van der Waals surface area contributed by atoms with E-state index < -0.39 is 0 Å². The minimum absolute atomic E-state index is 0. The molecule has 0 saturated carbocycles. The summed E-state index contributed by atoms with van der Waals surface area (Å²) in [5, 5.41) is 0. The fraction of sp³-hybridized carbons (Fsp3) is 0. The van der Waals surface area contributed by atoms with Crippen molar-refractivity contribution in [2.75, 3.05) is 0 Å². The van der Waals surface area contributed by atoms with Crippen LogP contribution in [0.5, 0.6) is 0 Å². The quantitative estimate of drug-likeness (QED) is 0.533. The number of hydrogen-bond donors (Lipinski definition) is 0. The monoisotopic (exact) mass is 352 g/mol. The third kappa shape index (κ3) is 9.23. The first-order chi connectivity index (χ1) is 0. The van der Waals surface area contributed by atoms with Crippen LogP contribution < -0.4 is 0 Å². The third-order valence-corrected chi connectivity index (χ3v) is 0. The molecule has 0 aliphatic carbocycles. The molecule has 0 N–H and O–H groups in total. The van der Waals surface area contributed by atoms with Gasteiger partial charge in [-0.15, -0.1) is 0 Å². The maximum Gasteiger partial charge on any atom is 2.00 e. The maximum absolute atomic E-state index is 0. The van der Waals surface area contributed by atoms with Gasteiger partial charge in [-0.25, -0.2) is 0 Å². The van der Waals surface area contributed by atoms with Gasteiger partial charge < -0.3 is 2.85 Å². The summed E-state index contributed by atoms with van der Waals surface area (Å²) in [4.78, 5) is 0. The van der Waals surface area contributed by atoms with E-state index >= 15 is 0 Å². The van der Waals surface area contributed by atoms with Gasteiger partial charge in [0.25, 0.3) is 0 Å². The molecule has 0 spiro atoms. The van der Waals surface area contributed by atoms with Crippen LogP contribution >= 0.6 is 0 Å². The zero-order chi connectivity index (χ0) is 0. The molecule has 0 amide bonds. The summed E-state index contributed by atoms with van der Waals surface area (Å²) in [7, 11) is 0. The predicted molar refractivity (Wildman–Crippen MR) is 7.98 cm³/mol. The van der Waals surface area contributed by atoms with Gasteiger partial charge in [0.15, 0.2) is 0 Å². The molecule has 0 fully saturated rings. The molecule has 16 valence electrons. The standard InChI is InChI=1S/La.Mg.Mo.Y.2H/q;+2;;;2*-1. The fourth-order valence-electron chi connectivity index (χ4n) is 0.